The fourth-order valence-electron chi connectivity index (χ4n) is 2.86. The Kier molecular flexibility index (Phi) is 7.81. The van der Waals surface area contributed by atoms with Crippen molar-refractivity contribution in [3.63, 3.8) is 0 Å². The molecule has 0 radical (unpaired) electrons. The van der Waals surface area contributed by atoms with Crippen LogP contribution in [0.3, 0.4) is 0 Å². The van der Waals surface area contributed by atoms with Gasteiger partial charge in [0.2, 0.25) is 0 Å². The second kappa shape index (κ2) is 9.10. The van der Waals surface area contributed by atoms with Gasteiger partial charge in [0.25, 0.3) is 0 Å². The molecule has 0 saturated heterocycles. The van der Waals surface area contributed by atoms with E-state index in [1.54, 1.807) is 0 Å². The van der Waals surface area contributed by atoms with Crippen LogP contribution in [0.4, 0.5) is 0 Å². The van der Waals surface area contributed by atoms with Gasteiger partial charge in [0.05, 0.1) is 0 Å². The van der Waals surface area contributed by atoms with Crippen LogP contribution in [-0.2, 0) is 0 Å². The molecule has 0 N–H and O–H groups in total. The summed E-state index contributed by atoms with van der Waals surface area (Å²) < 4.78 is 0. The number of benzene rings is 2. The zero-order valence-electron chi connectivity index (χ0n) is 14.8. The molecule has 0 bridgehead atoms. The summed E-state index contributed by atoms with van der Waals surface area (Å²) >= 11 is 0. The van der Waals surface area contributed by atoms with E-state index in [0.717, 1.165) is 0 Å². The summed E-state index contributed by atoms with van der Waals surface area (Å²) in [6, 6.07) is 21.8. The molecule has 0 atom stereocenters. The molecule has 0 saturated carbocycles. The van der Waals surface area contributed by atoms with Crippen LogP contribution in [0.15, 0.2) is 60.7 Å². The minimum Gasteiger partial charge on any atom is -0.304 e. The molecular formula is C21H30ClN. The monoisotopic (exact) mass is 331 g/mol. The van der Waals surface area contributed by atoms with Gasteiger partial charge in [0.1, 0.15) is 0 Å². The lowest BCUT2D eigenvalue weighted by Crippen LogP contribution is -2.37. The second-order valence-electron chi connectivity index (χ2n) is 6.97. The molecule has 0 aliphatic carbocycles. The van der Waals surface area contributed by atoms with Gasteiger partial charge in [-0.15, -0.1) is 12.4 Å². The van der Waals surface area contributed by atoms with E-state index >= 15 is 0 Å². The van der Waals surface area contributed by atoms with Crippen LogP contribution in [0.25, 0.3) is 0 Å². The highest BCUT2D eigenvalue weighted by Crippen LogP contribution is 2.31. The predicted octanol–water partition coefficient (Wildman–Crippen LogP) is 5.75. The van der Waals surface area contributed by atoms with Crippen molar-refractivity contribution in [1.29, 1.82) is 0 Å². The van der Waals surface area contributed by atoms with Crippen molar-refractivity contribution in [3.05, 3.63) is 71.8 Å². The fraction of sp³-hybridized carbons (Fsp3) is 0.429. The normalized spacial score (nSPS) is 11.6. The van der Waals surface area contributed by atoms with Crippen molar-refractivity contribution in [2.45, 2.75) is 44.6 Å². The first-order valence-corrected chi connectivity index (χ1v) is 8.28. The number of nitrogens with zero attached hydrogens (tertiary/aromatic N) is 1. The van der Waals surface area contributed by atoms with Crippen molar-refractivity contribution in [3.8, 4) is 0 Å². The first kappa shape index (κ1) is 19.7. The smallest absolute Gasteiger partial charge is 0.0147 e. The Morgan fingerprint density at radius 2 is 1.26 bits per heavy atom. The summed E-state index contributed by atoms with van der Waals surface area (Å²) in [5.74, 6) is 0.500. The Morgan fingerprint density at radius 1 is 0.826 bits per heavy atom. The second-order valence-corrected chi connectivity index (χ2v) is 6.97. The van der Waals surface area contributed by atoms with Crippen molar-refractivity contribution in [1.82, 2.24) is 4.90 Å². The van der Waals surface area contributed by atoms with E-state index in [0.29, 0.717) is 5.92 Å². The molecule has 0 amide bonds. The highest BCUT2D eigenvalue weighted by Gasteiger charge is 2.21. The van der Waals surface area contributed by atoms with Gasteiger partial charge in [0.15, 0.2) is 0 Å². The third-order valence-electron chi connectivity index (χ3n) is 4.90. The highest BCUT2D eigenvalue weighted by atomic mass is 35.5. The van der Waals surface area contributed by atoms with E-state index in [4.69, 9.17) is 0 Å². The fourth-order valence-corrected chi connectivity index (χ4v) is 2.86. The maximum atomic E-state index is 2.33. The third kappa shape index (κ3) is 5.67. The van der Waals surface area contributed by atoms with Gasteiger partial charge in [0, 0.05) is 11.5 Å². The Morgan fingerprint density at radius 3 is 1.65 bits per heavy atom. The van der Waals surface area contributed by atoms with Crippen molar-refractivity contribution < 1.29 is 0 Å². The van der Waals surface area contributed by atoms with E-state index < -0.39 is 0 Å². The molecule has 1 nitrogen and oxygen atoms in total. The zero-order valence-corrected chi connectivity index (χ0v) is 15.6. The van der Waals surface area contributed by atoms with Crippen LogP contribution in [0.5, 0.6) is 0 Å². The van der Waals surface area contributed by atoms with Gasteiger partial charge in [-0.1, -0.05) is 67.1 Å². The van der Waals surface area contributed by atoms with Gasteiger partial charge in [-0.25, -0.2) is 0 Å². The zero-order chi connectivity index (χ0) is 16.0. The number of rotatable bonds is 7. The maximum Gasteiger partial charge on any atom is 0.0147 e. The Labute approximate surface area is 148 Å². The van der Waals surface area contributed by atoms with E-state index in [2.05, 4.69) is 93.5 Å². The molecule has 0 unspecified atom stereocenters. The SMILES string of the molecule is CN(C)C(C)(C)CCCC(c1ccccc1)c1ccccc1.Cl. The minimum absolute atomic E-state index is 0. The molecule has 2 rings (SSSR count). The summed E-state index contributed by atoms with van der Waals surface area (Å²) in [5, 5.41) is 0. The molecule has 2 aromatic rings. The first-order chi connectivity index (χ1) is 10.5. The molecule has 0 aromatic heterocycles. The molecule has 0 fully saturated rings. The summed E-state index contributed by atoms with van der Waals surface area (Å²) in [5.41, 5.74) is 3.12. The average Bonchev–Trinajstić information content (AvgIpc) is 2.53. The van der Waals surface area contributed by atoms with E-state index in [1.807, 2.05) is 0 Å². The summed E-state index contributed by atoms with van der Waals surface area (Å²) in [6.45, 7) is 4.65. The highest BCUT2D eigenvalue weighted by molar-refractivity contribution is 5.85. The van der Waals surface area contributed by atoms with Gasteiger partial charge in [-0.2, -0.15) is 0 Å². The van der Waals surface area contributed by atoms with Crippen LogP contribution in [0.2, 0.25) is 0 Å². The van der Waals surface area contributed by atoms with Crippen LogP contribution in [-0.4, -0.2) is 24.5 Å². The van der Waals surface area contributed by atoms with Crippen molar-refractivity contribution in [2.75, 3.05) is 14.1 Å². The molecular weight excluding hydrogens is 302 g/mol. The Hall–Kier alpha value is -1.31. The Bertz CT molecular complexity index is 509. The molecule has 0 spiro atoms. The number of hydrogen-bond donors (Lipinski definition) is 0. The molecule has 2 heteroatoms. The van der Waals surface area contributed by atoms with E-state index in [-0.39, 0.29) is 17.9 Å². The largest absolute Gasteiger partial charge is 0.304 e. The van der Waals surface area contributed by atoms with E-state index in [1.165, 1.54) is 30.4 Å². The maximum absolute atomic E-state index is 2.33. The van der Waals surface area contributed by atoms with Gasteiger partial charge >= 0.3 is 0 Å². The first-order valence-electron chi connectivity index (χ1n) is 8.28. The minimum atomic E-state index is 0. The lowest BCUT2D eigenvalue weighted by Gasteiger charge is -2.33. The molecule has 0 aliphatic rings. The molecule has 0 aliphatic heterocycles. The summed E-state index contributed by atoms with van der Waals surface area (Å²) in [4.78, 5) is 2.33. The molecule has 23 heavy (non-hydrogen) atoms. The van der Waals surface area contributed by atoms with Crippen molar-refractivity contribution in [2.24, 2.45) is 0 Å². The summed E-state index contributed by atoms with van der Waals surface area (Å²) in [6.07, 6.45) is 3.65. The standard InChI is InChI=1S/C21H29N.ClH/c1-21(2,22(3)4)17-11-16-20(18-12-7-5-8-13-18)19-14-9-6-10-15-19;/h5-10,12-15,20H,11,16-17H2,1-4H3;1H. The van der Waals surface area contributed by atoms with Crippen LogP contribution in [0.1, 0.15) is 50.2 Å². The van der Waals surface area contributed by atoms with Gasteiger partial charge in [-0.3, -0.25) is 0 Å². The van der Waals surface area contributed by atoms with Crippen LogP contribution in [0, 0.1) is 0 Å². The molecule has 126 valence electrons. The summed E-state index contributed by atoms with van der Waals surface area (Å²) in [7, 11) is 4.34. The predicted molar refractivity (Wildman–Crippen MR) is 104 cm³/mol. The van der Waals surface area contributed by atoms with Crippen LogP contribution < -0.4 is 0 Å². The van der Waals surface area contributed by atoms with Gasteiger partial charge < -0.3 is 4.90 Å². The lowest BCUT2D eigenvalue weighted by atomic mass is 9.85. The molecule has 2 aromatic carbocycles. The Balaban J connectivity index is 0.00000264. The van der Waals surface area contributed by atoms with E-state index in [9.17, 15) is 0 Å². The average molecular weight is 332 g/mol. The number of halogens is 1. The lowest BCUT2D eigenvalue weighted by molar-refractivity contribution is 0.177. The number of hydrogen-bond acceptors (Lipinski definition) is 1. The van der Waals surface area contributed by atoms with Crippen LogP contribution >= 0.6 is 12.4 Å². The topological polar surface area (TPSA) is 3.24 Å². The quantitative estimate of drug-likeness (QED) is 0.624. The van der Waals surface area contributed by atoms with Crippen molar-refractivity contribution >= 4 is 12.4 Å². The third-order valence-corrected chi connectivity index (χ3v) is 4.90. The van der Waals surface area contributed by atoms with Gasteiger partial charge in [-0.05, 0) is 51.9 Å². The molecule has 0 heterocycles.